The van der Waals surface area contributed by atoms with Crippen LogP contribution < -0.4 is 0 Å². The highest BCUT2D eigenvalue weighted by molar-refractivity contribution is 7.13. The van der Waals surface area contributed by atoms with Crippen molar-refractivity contribution in [3.05, 3.63) is 53.0 Å². The fraction of sp³-hybridized carbons (Fsp3) is 0.235. The molecule has 0 amide bonds. The lowest BCUT2D eigenvalue weighted by atomic mass is 9.87. The first-order valence-corrected chi connectivity index (χ1v) is 7.94. The molecular formula is C17H17N3OS. The molecule has 112 valence electrons. The van der Waals surface area contributed by atoms with Crippen LogP contribution in [0.5, 0.6) is 0 Å². The first-order valence-electron chi connectivity index (χ1n) is 7.06. The van der Waals surface area contributed by atoms with E-state index in [1.54, 1.807) is 16.0 Å². The van der Waals surface area contributed by atoms with Crippen LogP contribution in [0.25, 0.3) is 16.3 Å². The topological polar surface area (TPSA) is 47.8 Å². The molecule has 22 heavy (non-hydrogen) atoms. The van der Waals surface area contributed by atoms with Gasteiger partial charge >= 0.3 is 0 Å². The van der Waals surface area contributed by atoms with Crippen molar-refractivity contribution in [1.29, 1.82) is 0 Å². The van der Waals surface area contributed by atoms with Gasteiger partial charge < -0.3 is 0 Å². The largest absolute Gasteiger partial charge is 0.296 e. The Morgan fingerprint density at radius 1 is 1.14 bits per heavy atom. The third-order valence-electron chi connectivity index (χ3n) is 3.54. The molecule has 0 unspecified atom stereocenters. The number of rotatable bonds is 3. The highest BCUT2D eigenvalue weighted by Gasteiger charge is 2.18. The highest BCUT2D eigenvalue weighted by atomic mass is 32.1. The van der Waals surface area contributed by atoms with E-state index < -0.39 is 0 Å². The van der Waals surface area contributed by atoms with E-state index in [9.17, 15) is 4.79 Å². The number of benzene rings is 1. The standard InChI is InChI=1S/C17H17N3OS/c1-17(2,3)12-6-8-13(9-7-12)20-16(14(11-21)18-19-20)15-5-4-10-22-15/h4-11H,1-3H3. The maximum Gasteiger partial charge on any atom is 0.172 e. The molecular weight excluding hydrogens is 294 g/mol. The molecule has 0 saturated carbocycles. The minimum absolute atomic E-state index is 0.103. The van der Waals surface area contributed by atoms with E-state index in [4.69, 9.17) is 0 Å². The molecule has 0 saturated heterocycles. The fourth-order valence-corrected chi connectivity index (χ4v) is 3.06. The van der Waals surface area contributed by atoms with Crippen LogP contribution in [0, 0.1) is 0 Å². The predicted octanol–water partition coefficient (Wildman–Crippen LogP) is 4.11. The number of carbonyl (C=O) groups excluding carboxylic acids is 1. The van der Waals surface area contributed by atoms with E-state index in [0.717, 1.165) is 22.5 Å². The van der Waals surface area contributed by atoms with Crippen molar-refractivity contribution in [2.45, 2.75) is 26.2 Å². The molecule has 1 aromatic carbocycles. The molecule has 4 nitrogen and oxygen atoms in total. The fourth-order valence-electron chi connectivity index (χ4n) is 2.30. The molecule has 0 fully saturated rings. The second-order valence-electron chi connectivity index (χ2n) is 6.13. The lowest BCUT2D eigenvalue weighted by Crippen LogP contribution is -2.11. The van der Waals surface area contributed by atoms with Crippen LogP contribution in [-0.2, 0) is 5.41 Å². The molecule has 0 N–H and O–H groups in total. The van der Waals surface area contributed by atoms with Crippen molar-refractivity contribution in [3.8, 4) is 16.3 Å². The molecule has 0 spiro atoms. The Hall–Kier alpha value is -2.27. The van der Waals surface area contributed by atoms with Gasteiger partial charge in [0.25, 0.3) is 0 Å². The number of aldehydes is 1. The van der Waals surface area contributed by atoms with Gasteiger partial charge in [-0.15, -0.1) is 16.4 Å². The van der Waals surface area contributed by atoms with Crippen LogP contribution in [0.3, 0.4) is 0 Å². The zero-order valence-corrected chi connectivity index (χ0v) is 13.6. The molecule has 0 atom stereocenters. The van der Waals surface area contributed by atoms with E-state index in [2.05, 4.69) is 43.2 Å². The van der Waals surface area contributed by atoms with Crippen LogP contribution in [0.1, 0.15) is 36.8 Å². The van der Waals surface area contributed by atoms with Crippen LogP contribution in [0.4, 0.5) is 0 Å². The summed E-state index contributed by atoms with van der Waals surface area (Å²) in [6, 6.07) is 12.1. The molecule has 0 aliphatic heterocycles. The van der Waals surface area contributed by atoms with Gasteiger partial charge in [-0.2, -0.15) is 0 Å². The van der Waals surface area contributed by atoms with Gasteiger partial charge in [0, 0.05) is 0 Å². The molecule has 0 radical (unpaired) electrons. The Labute approximate surface area is 133 Å². The summed E-state index contributed by atoms with van der Waals surface area (Å²) in [5.74, 6) is 0. The summed E-state index contributed by atoms with van der Waals surface area (Å²) in [5.41, 5.74) is 3.36. The zero-order chi connectivity index (χ0) is 15.7. The van der Waals surface area contributed by atoms with Crippen molar-refractivity contribution in [2.75, 3.05) is 0 Å². The monoisotopic (exact) mass is 311 g/mol. The normalized spacial score (nSPS) is 11.6. The van der Waals surface area contributed by atoms with Crippen molar-refractivity contribution in [1.82, 2.24) is 15.0 Å². The zero-order valence-electron chi connectivity index (χ0n) is 12.8. The molecule has 3 rings (SSSR count). The summed E-state index contributed by atoms with van der Waals surface area (Å²) >= 11 is 1.57. The summed E-state index contributed by atoms with van der Waals surface area (Å²) < 4.78 is 1.72. The Balaban J connectivity index is 2.10. The Kier molecular flexibility index (Phi) is 3.66. The summed E-state index contributed by atoms with van der Waals surface area (Å²) in [6.07, 6.45) is 0.752. The van der Waals surface area contributed by atoms with Gasteiger partial charge in [-0.05, 0) is 34.6 Å². The predicted molar refractivity (Wildman–Crippen MR) is 88.8 cm³/mol. The maximum atomic E-state index is 11.2. The molecule has 0 aliphatic rings. The minimum Gasteiger partial charge on any atom is -0.296 e. The van der Waals surface area contributed by atoms with Gasteiger partial charge in [0.1, 0.15) is 5.69 Å². The first-order chi connectivity index (χ1) is 10.5. The quantitative estimate of drug-likeness (QED) is 0.684. The highest BCUT2D eigenvalue weighted by Crippen LogP contribution is 2.29. The number of aromatic nitrogens is 3. The van der Waals surface area contributed by atoms with E-state index in [-0.39, 0.29) is 5.41 Å². The number of hydrogen-bond donors (Lipinski definition) is 0. The second kappa shape index (κ2) is 5.50. The maximum absolute atomic E-state index is 11.2. The molecule has 5 heteroatoms. The lowest BCUT2D eigenvalue weighted by molar-refractivity contribution is 0.111. The molecule has 0 aliphatic carbocycles. The van der Waals surface area contributed by atoms with Gasteiger partial charge in [0.05, 0.1) is 10.6 Å². The van der Waals surface area contributed by atoms with Crippen molar-refractivity contribution in [3.63, 3.8) is 0 Å². The molecule has 3 aromatic rings. The molecule has 0 bridgehead atoms. The van der Waals surface area contributed by atoms with Crippen molar-refractivity contribution < 1.29 is 4.79 Å². The van der Waals surface area contributed by atoms with Crippen LogP contribution in [-0.4, -0.2) is 21.3 Å². The molecule has 2 heterocycles. The third-order valence-corrected chi connectivity index (χ3v) is 4.42. The second-order valence-corrected chi connectivity index (χ2v) is 7.07. The van der Waals surface area contributed by atoms with Gasteiger partial charge in [-0.3, -0.25) is 4.79 Å². The number of carbonyl (C=O) groups is 1. The Morgan fingerprint density at radius 2 is 1.86 bits per heavy atom. The van der Waals surface area contributed by atoms with Crippen LogP contribution in [0.15, 0.2) is 41.8 Å². The van der Waals surface area contributed by atoms with Crippen LogP contribution >= 0.6 is 11.3 Å². The third kappa shape index (κ3) is 2.60. The summed E-state index contributed by atoms with van der Waals surface area (Å²) in [4.78, 5) is 12.2. The summed E-state index contributed by atoms with van der Waals surface area (Å²) in [7, 11) is 0. The van der Waals surface area contributed by atoms with Crippen LogP contribution in [0.2, 0.25) is 0 Å². The minimum atomic E-state index is 0.103. The lowest BCUT2D eigenvalue weighted by Gasteiger charge is -2.19. The smallest absolute Gasteiger partial charge is 0.172 e. The number of hydrogen-bond acceptors (Lipinski definition) is 4. The van der Waals surface area contributed by atoms with E-state index >= 15 is 0 Å². The van der Waals surface area contributed by atoms with E-state index in [0.29, 0.717) is 5.69 Å². The average molecular weight is 311 g/mol. The summed E-state index contributed by atoms with van der Waals surface area (Å²) in [5, 5.41) is 10.1. The van der Waals surface area contributed by atoms with Crippen molar-refractivity contribution >= 4 is 17.6 Å². The number of thiophene rings is 1. The van der Waals surface area contributed by atoms with E-state index in [1.807, 2.05) is 29.6 Å². The SMILES string of the molecule is CC(C)(C)c1ccc(-n2nnc(C=O)c2-c2cccs2)cc1. The van der Waals surface area contributed by atoms with Gasteiger partial charge in [-0.1, -0.05) is 44.2 Å². The van der Waals surface area contributed by atoms with Crippen molar-refractivity contribution in [2.24, 2.45) is 0 Å². The van der Waals surface area contributed by atoms with E-state index in [1.165, 1.54) is 5.56 Å². The number of nitrogens with zero attached hydrogens (tertiary/aromatic N) is 3. The molecule has 2 aromatic heterocycles. The Bertz CT molecular complexity index is 780. The average Bonchev–Trinajstić information content (AvgIpc) is 3.15. The summed E-state index contributed by atoms with van der Waals surface area (Å²) in [6.45, 7) is 6.54. The van der Waals surface area contributed by atoms with Gasteiger partial charge in [-0.25, -0.2) is 4.68 Å². The Morgan fingerprint density at radius 3 is 2.41 bits per heavy atom. The first kappa shape index (κ1) is 14.7. The van der Waals surface area contributed by atoms with Gasteiger partial charge in [0.15, 0.2) is 12.0 Å². The van der Waals surface area contributed by atoms with Gasteiger partial charge in [0.2, 0.25) is 0 Å².